The third-order valence-electron chi connectivity index (χ3n) is 2.68. The van der Waals surface area contributed by atoms with Crippen molar-refractivity contribution in [3.8, 4) is 0 Å². The fraction of sp³-hybridized carbons (Fsp3) is 0.429. The Morgan fingerprint density at radius 2 is 1.94 bits per heavy atom. The van der Waals surface area contributed by atoms with Crippen LogP contribution in [0.2, 0.25) is 0 Å². The van der Waals surface area contributed by atoms with Gasteiger partial charge in [-0.1, -0.05) is 25.1 Å². The average molecular weight is 234 g/mol. The predicted octanol–water partition coefficient (Wildman–Crippen LogP) is 2.83. The lowest BCUT2D eigenvalue weighted by atomic mass is 9.99. The summed E-state index contributed by atoms with van der Waals surface area (Å²) in [6.07, 6.45) is 0.591. The summed E-state index contributed by atoms with van der Waals surface area (Å²) in [5, 5.41) is 0. The number of carbonyl (C=O) groups excluding carboxylic acids is 2. The van der Waals surface area contributed by atoms with Crippen molar-refractivity contribution in [2.75, 3.05) is 6.61 Å². The van der Waals surface area contributed by atoms with Crippen LogP contribution in [0.25, 0.3) is 0 Å². The van der Waals surface area contributed by atoms with E-state index in [2.05, 4.69) is 0 Å². The first-order chi connectivity index (χ1) is 8.06. The van der Waals surface area contributed by atoms with E-state index in [-0.39, 0.29) is 12.2 Å². The Labute approximate surface area is 102 Å². The molecule has 0 aromatic heterocycles. The summed E-state index contributed by atoms with van der Waals surface area (Å²) in [7, 11) is 0. The summed E-state index contributed by atoms with van der Waals surface area (Å²) in [6.45, 7) is 6.13. The van der Waals surface area contributed by atoms with Gasteiger partial charge in [0.25, 0.3) is 0 Å². The topological polar surface area (TPSA) is 43.4 Å². The van der Waals surface area contributed by atoms with Gasteiger partial charge in [0.1, 0.15) is 6.42 Å². The molecule has 0 N–H and O–H groups in total. The number of rotatable bonds is 5. The summed E-state index contributed by atoms with van der Waals surface area (Å²) in [5.74, 6) is -0.620. The number of Topliss-reactive ketones (excluding diaryl/α,β-unsaturated/α-hetero) is 1. The third kappa shape index (κ3) is 3.70. The minimum Gasteiger partial charge on any atom is -0.465 e. The molecule has 0 aliphatic heterocycles. The van der Waals surface area contributed by atoms with E-state index in [1.54, 1.807) is 6.07 Å². The maximum atomic E-state index is 11.9. The molecule has 0 saturated heterocycles. The normalized spacial score (nSPS) is 10.1. The Morgan fingerprint density at radius 1 is 1.24 bits per heavy atom. The minimum atomic E-state index is -0.447. The van der Waals surface area contributed by atoms with Gasteiger partial charge in [-0.15, -0.1) is 0 Å². The molecular formula is C14H18O3. The number of esters is 1. The summed E-state index contributed by atoms with van der Waals surface area (Å²) in [5.41, 5.74) is 2.59. The minimum absolute atomic E-state index is 0.174. The van der Waals surface area contributed by atoms with Gasteiger partial charge < -0.3 is 4.74 Å². The molecule has 1 aromatic carbocycles. The Bertz CT molecular complexity index is 421. The Morgan fingerprint density at radius 3 is 2.59 bits per heavy atom. The molecule has 3 heteroatoms. The van der Waals surface area contributed by atoms with Crippen LogP contribution in [0.5, 0.6) is 0 Å². The van der Waals surface area contributed by atoms with Crippen molar-refractivity contribution in [3.05, 3.63) is 34.9 Å². The van der Waals surface area contributed by atoms with Crippen LogP contribution in [-0.2, 0) is 9.53 Å². The van der Waals surface area contributed by atoms with Crippen LogP contribution in [0.4, 0.5) is 0 Å². The summed E-state index contributed by atoms with van der Waals surface area (Å²) >= 11 is 0. The van der Waals surface area contributed by atoms with Gasteiger partial charge >= 0.3 is 5.97 Å². The number of ether oxygens (including phenoxy) is 1. The van der Waals surface area contributed by atoms with Crippen molar-refractivity contribution in [2.24, 2.45) is 0 Å². The lowest BCUT2D eigenvalue weighted by Gasteiger charge is -2.07. The second-order valence-electron chi connectivity index (χ2n) is 4.07. The maximum absolute atomic E-state index is 11.9. The molecule has 1 aromatic rings. The van der Waals surface area contributed by atoms with Crippen molar-refractivity contribution in [2.45, 2.75) is 33.6 Å². The molecule has 0 spiro atoms. The van der Waals surface area contributed by atoms with Gasteiger partial charge in [0.05, 0.1) is 6.61 Å². The van der Waals surface area contributed by atoms with E-state index in [0.717, 1.165) is 17.5 Å². The van der Waals surface area contributed by atoms with E-state index >= 15 is 0 Å². The predicted molar refractivity (Wildman–Crippen MR) is 66.1 cm³/mol. The molecule has 0 bridgehead atoms. The molecule has 0 unspecified atom stereocenters. The maximum Gasteiger partial charge on any atom is 0.313 e. The molecule has 0 heterocycles. The van der Waals surface area contributed by atoms with Crippen LogP contribution in [-0.4, -0.2) is 18.4 Å². The van der Waals surface area contributed by atoms with Gasteiger partial charge in [-0.3, -0.25) is 9.59 Å². The molecule has 17 heavy (non-hydrogen) atoms. The Balaban J connectivity index is 2.70. The molecule has 1 rings (SSSR count). The number of aryl methyl sites for hydroxylation is 1. The first kappa shape index (κ1) is 13.4. The van der Waals surface area contributed by atoms with Crippen molar-refractivity contribution in [3.63, 3.8) is 0 Å². The number of hydrogen-bond acceptors (Lipinski definition) is 3. The van der Waals surface area contributed by atoms with Gasteiger partial charge in [0.15, 0.2) is 5.78 Å². The summed E-state index contributed by atoms with van der Waals surface area (Å²) < 4.78 is 4.89. The summed E-state index contributed by atoms with van der Waals surface area (Å²) in [6, 6.07) is 5.52. The largest absolute Gasteiger partial charge is 0.465 e. The molecule has 0 atom stereocenters. The van der Waals surface area contributed by atoms with E-state index in [1.165, 1.54) is 0 Å². The van der Waals surface area contributed by atoms with Gasteiger partial charge in [-0.25, -0.2) is 0 Å². The molecule has 0 radical (unpaired) electrons. The van der Waals surface area contributed by atoms with Gasteiger partial charge in [-0.2, -0.15) is 0 Å². The van der Waals surface area contributed by atoms with Crippen molar-refractivity contribution >= 4 is 11.8 Å². The van der Waals surface area contributed by atoms with E-state index < -0.39 is 5.97 Å². The van der Waals surface area contributed by atoms with Crippen molar-refractivity contribution < 1.29 is 14.3 Å². The molecular weight excluding hydrogens is 216 g/mol. The van der Waals surface area contributed by atoms with Crippen LogP contribution in [0, 0.1) is 13.8 Å². The molecule has 92 valence electrons. The van der Waals surface area contributed by atoms with E-state index in [0.29, 0.717) is 12.2 Å². The van der Waals surface area contributed by atoms with E-state index in [1.807, 2.05) is 32.9 Å². The smallest absolute Gasteiger partial charge is 0.313 e. The Kier molecular flexibility index (Phi) is 4.88. The highest BCUT2D eigenvalue weighted by Crippen LogP contribution is 2.14. The fourth-order valence-electron chi connectivity index (χ4n) is 1.55. The number of carbonyl (C=O) groups is 2. The van der Waals surface area contributed by atoms with Crippen LogP contribution in [0.15, 0.2) is 18.2 Å². The van der Waals surface area contributed by atoms with Gasteiger partial charge in [-0.05, 0) is 31.4 Å². The fourth-order valence-corrected chi connectivity index (χ4v) is 1.55. The second-order valence-corrected chi connectivity index (χ2v) is 4.07. The summed E-state index contributed by atoms with van der Waals surface area (Å²) in [4.78, 5) is 23.2. The van der Waals surface area contributed by atoms with Crippen LogP contribution >= 0.6 is 0 Å². The first-order valence-electron chi connectivity index (χ1n) is 5.81. The van der Waals surface area contributed by atoms with E-state index in [4.69, 9.17) is 4.74 Å². The molecule has 0 aliphatic carbocycles. The van der Waals surface area contributed by atoms with Gasteiger partial charge in [0.2, 0.25) is 0 Å². The highest BCUT2D eigenvalue weighted by molar-refractivity contribution is 6.06. The SMILES string of the molecule is CCCOC(=O)CC(=O)c1cccc(C)c1C. The molecule has 0 amide bonds. The quantitative estimate of drug-likeness (QED) is 0.447. The zero-order valence-corrected chi connectivity index (χ0v) is 10.6. The molecule has 0 fully saturated rings. The van der Waals surface area contributed by atoms with Crippen LogP contribution in [0.3, 0.4) is 0 Å². The number of hydrogen-bond donors (Lipinski definition) is 0. The second kappa shape index (κ2) is 6.18. The first-order valence-corrected chi connectivity index (χ1v) is 5.81. The highest BCUT2D eigenvalue weighted by atomic mass is 16.5. The highest BCUT2D eigenvalue weighted by Gasteiger charge is 2.15. The van der Waals surface area contributed by atoms with E-state index in [9.17, 15) is 9.59 Å². The zero-order chi connectivity index (χ0) is 12.8. The monoisotopic (exact) mass is 234 g/mol. The lowest BCUT2D eigenvalue weighted by Crippen LogP contribution is -2.13. The standard InChI is InChI=1S/C14H18O3/c1-4-8-17-14(16)9-13(15)12-7-5-6-10(2)11(12)3/h5-7H,4,8-9H2,1-3H3. The molecule has 3 nitrogen and oxygen atoms in total. The van der Waals surface area contributed by atoms with Crippen LogP contribution in [0.1, 0.15) is 41.3 Å². The van der Waals surface area contributed by atoms with Crippen LogP contribution < -0.4 is 0 Å². The third-order valence-corrected chi connectivity index (χ3v) is 2.68. The lowest BCUT2D eigenvalue weighted by molar-refractivity contribution is -0.142. The molecule has 0 aliphatic rings. The average Bonchev–Trinajstić information content (AvgIpc) is 2.29. The number of benzene rings is 1. The molecule has 0 saturated carbocycles. The van der Waals surface area contributed by atoms with Crippen molar-refractivity contribution in [1.82, 2.24) is 0 Å². The Hall–Kier alpha value is -1.64. The number of ketones is 1. The zero-order valence-electron chi connectivity index (χ0n) is 10.6. The van der Waals surface area contributed by atoms with Crippen molar-refractivity contribution in [1.29, 1.82) is 0 Å². The van der Waals surface area contributed by atoms with Gasteiger partial charge in [0, 0.05) is 5.56 Å².